The maximum Gasteiger partial charge on any atom is 0.225 e. The summed E-state index contributed by atoms with van der Waals surface area (Å²) in [5.74, 6) is 1.37. The Morgan fingerprint density at radius 3 is 2.11 bits per heavy atom. The van der Waals surface area contributed by atoms with Crippen molar-refractivity contribution >= 4 is 5.91 Å². The molecule has 0 aromatic heterocycles. The molecule has 3 aliphatic heterocycles. The molecular formula is C22H41N3O2. The van der Waals surface area contributed by atoms with Crippen molar-refractivity contribution < 1.29 is 9.53 Å². The van der Waals surface area contributed by atoms with Crippen LogP contribution in [0.15, 0.2) is 0 Å². The lowest BCUT2D eigenvalue weighted by Crippen LogP contribution is -2.50. The van der Waals surface area contributed by atoms with Gasteiger partial charge in [-0.1, -0.05) is 13.8 Å². The minimum absolute atomic E-state index is 0.141. The van der Waals surface area contributed by atoms with Crippen molar-refractivity contribution in [3.05, 3.63) is 0 Å². The van der Waals surface area contributed by atoms with Crippen LogP contribution in [0.1, 0.15) is 52.4 Å². The predicted octanol–water partition coefficient (Wildman–Crippen LogP) is 2.71. The van der Waals surface area contributed by atoms with E-state index in [0.29, 0.717) is 11.3 Å². The highest BCUT2D eigenvalue weighted by Gasteiger charge is 2.39. The average Bonchev–Trinajstić information content (AvgIpc) is 2.69. The number of likely N-dealkylation sites (tertiary alicyclic amines) is 3. The molecule has 3 fully saturated rings. The second-order valence-corrected chi connectivity index (χ2v) is 9.56. The molecule has 3 heterocycles. The molecule has 0 atom stereocenters. The fourth-order valence-electron chi connectivity index (χ4n) is 5.25. The van der Waals surface area contributed by atoms with Crippen LogP contribution >= 0.6 is 0 Å². The molecule has 0 radical (unpaired) electrons. The lowest BCUT2D eigenvalue weighted by Gasteiger charge is -2.48. The Hall–Kier alpha value is -0.650. The first-order valence-electron chi connectivity index (χ1n) is 11.2. The molecule has 3 aliphatic rings. The second kappa shape index (κ2) is 9.71. The number of amides is 1. The summed E-state index contributed by atoms with van der Waals surface area (Å²) in [7, 11) is 1.79. The molecule has 156 valence electrons. The minimum atomic E-state index is 0.141. The smallest absolute Gasteiger partial charge is 0.225 e. The number of nitrogens with zero attached hydrogens (tertiary/aromatic N) is 3. The third kappa shape index (κ3) is 5.68. The summed E-state index contributed by atoms with van der Waals surface area (Å²) in [5.41, 5.74) is 0.522. The molecule has 0 aliphatic carbocycles. The van der Waals surface area contributed by atoms with E-state index in [2.05, 4.69) is 14.7 Å². The highest BCUT2D eigenvalue weighted by atomic mass is 16.5. The summed E-state index contributed by atoms with van der Waals surface area (Å²) in [6, 6.07) is 0. The van der Waals surface area contributed by atoms with Crippen molar-refractivity contribution in [3.8, 4) is 0 Å². The molecule has 0 N–H and O–H groups in total. The van der Waals surface area contributed by atoms with Gasteiger partial charge in [0.2, 0.25) is 5.91 Å². The third-order valence-electron chi connectivity index (χ3n) is 7.38. The molecule has 0 saturated carbocycles. The van der Waals surface area contributed by atoms with Gasteiger partial charge in [-0.2, -0.15) is 0 Å². The van der Waals surface area contributed by atoms with Gasteiger partial charge in [0.05, 0.1) is 6.61 Å². The number of rotatable bonds is 6. The topological polar surface area (TPSA) is 36.0 Å². The Morgan fingerprint density at radius 2 is 1.56 bits per heavy atom. The molecule has 3 saturated heterocycles. The van der Waals surface area contributed by atoms with E-state index in [9.17, 15) is 4.79 Å². The van der Waals surface area contributed by atoms with Crippen LogP contribution in [-0.4, -0.2) is 86.7 Å². The van der Waals surface area contributed by atoms with Gasteiger partial charge in [-0.3, -0.25) is 4.79 Å². The maximum atomic E-state index is 12.2. The Morgan fingerprint density at radius 1 is 0.963 bits per heavy atom. The van der Waals surface area contributed by atoms with Gasteiger partial charge in [-0.05, 0) is 76.0 Å². The van der Waals surface area contributed by atoms with Crippen molar-refractivity contribution in [2.24, 2.45) is 17.3 Å². The predicted molar refractivity (Wildman–Crippen MR) is 110 cm³/mol. The van der Waals surface area contributed by atoms with Gasteiger partial charge in [0.1, 0.15) is 0 Å². The molecule has 0 unspecified atom stereocenters. The Kier molecular flexibility index (Phi) is 7.57. The zero-order chi connectivity index (χ0) is 19.3. The van der Waals surface area contributed by atoms with E-state index in [4.69, 9.17) is 4.74 Å². The van der Waals surface area contributed by atoms with Crippen LogP contribution in [0, 0.1) is 17.3 Å². The van der Waals surface area contributed by atoms with Crippen molar-refractivity contribution in [1.29, 1.82) is 0 Å². The number of piperidine rings is 3. The molecular weight excluding hydrogens is 338 g/mol. The van der Waals surface area contributed by atoms with Crippen LogP contribution in [0.25, 0.3) is 0 Å². The SMILES string of the molecule is COCCN1CCC(CN2CCC3(CC2)CCN(C(=O)C(C)C)CC3)CC1. The van der Waals surface area contributed by atoms with Gasteiger partial charge in [-0.15, -0.1) is 0 Å². The van der Waals surface area contributed by atoms with Crippen LogP contribution < -0.4 is 0 Å². The van der Waals surface area contributed by atoms with E-state index in [0.717, 1.165) is 32.2 Å². The molecule has 1 spiro atoms. The maximum absolute atomic E-state index is 12.2. The summed E-state index contributed by atoms with van der Waals surface area (Å²) < 4.78 is 5.21. The third-order valence-corrected chi connectivity index (χ3v) is 7.38. The normalized spacial score (nSPS) is 25.4. The first kappa shape index (κ1) is 21.1. The minimum Gasteiger partial charge on any atom is -0.383 e. The van der Waals surface area contributed by atoms with E-state index in [1.54, 1.807) is 7.11 Å². The summed E-state index contributed by atoms with van der Waals surface area (Å²) in [5, 5.41) is 0. The van der Waals surface area contributed by atoms with Crippen LogP contribution in [0.5, 0.6) is 0 Å². The highest BCUT2D eigenvalue weighted by molar-refractivity contribution is 5.78. The quantitative estimate of drug-likeness (QED) is 0.711. The van der Waals surface area contributed by atoms with Crippen LogP contribution in [0.2, 0.25) is 0 Å². The Labute approximate surface area is 166 Å². The first-order valence-corrected chi connectivity index (χ1v) is 11.2. The monoisotopic (exact) mass is 379 g/mol. The average molecular weight is 380 g/mol. The number of hydrogen-bond acceptors (Lipinski definition) is 4. The van der Waals surface area contributed by atoms with Crippen LogP contribution in [0.3, 0.4) is 0 Å². The largest absolute Gasteiger partial charge is 0.383 e. The molecule has 0 aromatic rings. The lowest BCUT2D eigenvalue weighted by atomic mass is 9.71. The molecule has 27 heavy (non-hydrogen) atoms. The fraction of sp³-hybridized carbons (Fsp3) is 0.955. The molecule has 5 heteroatoms. The van der Waals surface area contributed by atoms with Crippen molar-refractivity contribution in [2.75, 3.05) is 66.1 Å². The molecule has 1 amide bonds. The van der Waals surface area contributed by atoms with Gasteiger partial charge < -0.3 is 19.4 Å². The Balaban J connectivity index is 1.36. The van der Waals surface area contributed by atoms with E-state index < -0.39 is 0 Å². The van der Waals surface area contributed by atoms with Crippen molar-refractivity contribution in [3.63, 3.8) is 0 Å². The van der Waals surface area contributed by atoms with Gasteiger partial charge in [-0.25, -0.2) is 0 Å². The van der Waals surface area contributed by atoms with Crippen molar-refractivity contribution in [2.45, 2.75) is 52.4 Å². The summed E-state index contributed by atoms with van der Waals surface area (Å²) in [6.07, 6.45) is 7.80. The zero-order valence-electron chi connectivity index (χ0n) is 17.9. The van der Waals surface area contributed by atoms with E-state index in [-0.39, 0.29) is 5.92 Å². The van der Waals surface area contributed by atoms with Gasteiger partial charge in [0.15, 0.2) is 0 Å². The lowest BCUT2D eigenvalue weighted by molar-refractivity contribution is -0.137. The molecule has 3 rings (SSSR count). The number of hydrogen-bond donors (Lipinski definition) is 0. The highest BCUT2D eigenvalue weighted by Crippen LogP contribution is 2.41. The second-order valence-electron chi connectivity index (χ2n) is 9.56. The standard InChI is InChI=1S/C22H41N3O2/c1-19(2)21(26)25-14-8-22(9-15-25)6-12-24(13-7-22)18-20-4-10-23(11-5-20)16-17-27-3/h19-20H,4-18H2,1-3H3. The van der Waals surface area contributed by atoms with Gasteiger partial charge >= 0.3 is 0 Å². The summed E-state index contributed by atoms with van der Waals surface area (Å²) >= 11 is 0. The first-order chi connectivity index (χ1) is 13.0. The van der Waals surface area contributed by atoms with Gasteiger partial charge in [0.25, 0.3) is 0 Å². The van der Waals surface area contributed by atoms with Gasteiger partial charge in [0, 0.05) is 39.2 Å². The van der Waals surface area contributed by atoms with E-state index in [1.165, 1.54) is 71.2 Å². The summed E-state index contributed by atoms with van der Waals surface area (Å²) in [6.45, 7) is 14.3. The number of ether oxygens (including phenoxy) is 1. The number of carbonyl (C=O) groups excluding carboxylic acids is 1. The molecule has 5 nitrogen and oxygen atoms in total. The van der Waals surface area contributed by atoms with E-state index >= 15 is 0 Å². The van der Waals surface area contributed by atoms with E-state index in [1.807, 2.05) is 13.8 Å². The molecule has 0 bridgehead atoms. The van der Waals surface area contributed by atoms with Crippen LogP contribution in [-0.2, 0) is 9.53 Å². The van der Waals surface area contributed by atoms with Crippen LogP contribution in [0.4, 0.5) is 0 Å². The Bertz CT molecular complexity index is 456. The summed E-state index contributed by atoms with van der Waals surface area (Å²) in [4.78, 5) is 19.6. The zero-order valence-corrected chi connectivity index (χ0v) is 17.9. The van der Waals surface area contributed by atoms with Crippen molar-refractivity contribution in [1.82, 2.24) is 14.7 Å². The number of carbonyl (C=O) groups is 1. The number of methoxy groups -OCH3 is 1. The fourth-order valence-corrected chi connectivity index (χ4v) is 5.25. The molecule has 0 aromatic carbocycles.